The summed E-state index contributed by atoms with van der Waals surface area (Å²) in [4.78, 5) is 0. The van der Waals surface area contributed by atoms with Crippen molar-refractivity contribution in [3.8, 4) is 0 Å². The number of fused-ring (bicyclic) bond motifs is 1. The van der Waals surface area contributed by atoms with E-state index in [0.717, 1.165) is 6.54 Å². The number of hydrogen-bond acceptors (Lipinski definition) is 2. The van der Waals surface area contributed by atoms with Gasteiger partial charge in [0.15, 0.2) is 0 Å². The molecule has 1 aliphatic rings. The van der Waals surface area contributed by atoms with Gasteiger partial charge in [-0.25, -0.2) is 0 Å². The normalized spacial score (nSPS) is 21.1. The molecule has 1 fully saturated rings. The number of benzene rings is 2. The maximum atomic E-state index is 3.66. The van der Waals surface area contributed by atoms with Gasteiger partial charge in [0.05, 0.1) is 0 Å². The van der Waals surface area contributed by atoms with Gasteiger partial charge in [0, 0.05) is 23.2 Å². The molecular formula is C16H20N2. The van der Waals surface area contributed by atoms with Crippen LogP contribution in [0.15, 0.2) is 42.5 Å². The standard InChI is InChI=1S/C16H20N2/c1-12(15-10-5-11-17-15)18-16-9-4-7-13-6-2-3-8-14(13)16/h2-4,6-9,12,15,17-18H,5,10-11H2,1H3. The molecule has 18 heavy (non-hydrogen) atoms. The maximum absolute atomic E-state index is 3.66. The molecular weight excluding hydrogens is 220 g/mol. The summed E-state index contributed by atoms with van der Waals surface area (Å²) >= 11 is 0. The fraction of sp³-hybridized carbons (Fsp3) is 0.375. The summed E-state index contributed by atoms with van der Waals surface area (Å²) in [6, 6.07) is 16.1. The summed E-state index contributed by atoms with van der Waals surface area (Å²) in [5, 5.41) is 9.84. The van der Waals surface area contributed by atoms with Crippen LogP contribution in [0.1, 0.15) is 19.8 Å². The van der Waals surface area contributed by atoms with E-state index in [1.54, 1.807) is 0 Å². The lowest BCUT2D eigenvalue weighted by molar-refractivity contribution is 0.538. The average Bonchev–Trinajstić information content (AvgIpc) is 2.93. The Bertz CT molecular complexity index is 524. The number of anilines is 1. The largest absolute Gasteiger partial charge is 0.381 e. The molecule has 2 aromatic rings. The molecule has 1 heterocycles. The lowest BCUT2D eigenvalue weighted by Gasteiger charge is -2.23. The van der Waals surface area contributed by atoms with E-state index < -0.39 is 0 Å². The van der Waals surface area contributed by atoms with E-state index in [1.807, 2.05) is 0 Å². The molecule has 2 heteroatoms. The molecule has 2 unspecified atom stereocenters. The Balaban J connectivity index is 1.85. The van der Waals surface area contributed by atoms with E-state index in [9.17, 15) is 0 Å². The Labute approximate surface area is 108 Å². The molecule has 0 aromatic heterocycles. The van der Waals surface area contributed by atoms with Crippen molar-refractivity contribution in [3.63, 3.8) is 0 Å². The summed E-state index contributed by atoms with van der Waals surface area (Å²) in [5.41, 5.74) is 1.24. The predicted octanol–water partition coefficient (Wildman–Crippen LogP) is 3.39. The third-order valence-electron chi connectivity index (χ3n) is 3.87. The first-order chi connectivity index (χ1) is 8.84. The lowest BCUT2D eigenvalue weighted by Crippen LogP contribution is -2.37. The molecule has 1 aliphatic heterocycles. The van der Waals surface area contributed by atoms with Crippen LogP contribution >= 0.6 is 0 Å². The maximum Gasteiger partial charge on any atom is 0.0422 e. The van der Waals surface area contributed by atoms with Gasteiger partial charge in [-0.05, 0) is 37.8 Å². The lowest BCUT2D eigenvalue weighted by atomic mass is 10.1. The summed E-state index contributed by atoms with van der Waals surface area (Å²) in [6.45, 7) is 3.43. The van der Waals surface area contributed by atoms with E-state index in [4.69, 9.17) is 0 Å². The van der Waals surface area contributed by atoms with Crippen LogP contribution in [0.3, 0.4) is 0 Å². The summed E-state index contributed by atoms with van der Waals surface area (Å²) in [6.07, 6.45) is 2.57. The van der Waals surface area contributed by atoms with E-state index in [2.05, 4.69) is 60.0 Å². The van der Waals surface area contributed by atoms with Gasteiger partial charge in [-0.15, -0.1) is 0 Å². The van der Waals surface area contributed by atoms with Crippen LogP contribution in [0.4, 0.5) is 5.69 Å². The molecule has 2 atom stereocenters. The Morgan fingerprint density at radius 3 is 2.83 bits per heavy atom. The highest BCUT2D eigenvalue weighted by molar-refractivity contribution is 5.93. The molecule has 2 nitrogen and oxygen atoms in total. The molecule has 0 spiro atoms. The first-order valence-electron chi connectivity index (χ1n) is 6.82. The second kappa shape index (κ2) is 4.99. The Morgan fingerprint density at radius 2 is 2.00 bits per heavy atom. The number of rotatable bonds is 3. The van der Waals surface area contributed by atoms with Crippen LogP contribution in [0.5, 0.6) is 0 Å². The second-order valence-electron chi connectivity index (χ2n) is 5.16. The minimum Gasteiger partial charge on any atom is -0.381 e. The van der Waals surface area contributed by atoms with Gasteiger partial charge in [-0.1, -0.05) is 36.4 Å². The highest BCUT2D eigenvalue weighted by Crippen LogP contribution is 2.24. The third-order valence-corrected chi connectivity index (χ3v) is 3.87. The van der Waals surface area contributed by atoms with Gasteiger partial charge in [0.1, 0.15) is 0 Å². The first kappa shape index (κ1) is 11.5. The van der Waals surface area contributed by atoms with Gasteiger partial charge in [-0.2, -0.15) is 0 Å². The topological polar surface area (TPSA) is 24.1 Å². The molecule has 0 bridgehead atoms. The van der Waals surface area contributed by atoms with Crippen molar-refractivity contribution in [1.82, 2.24) is 5.32 Å². The van der Waals surface area contributed by atoms with Crippen molar-refractivity contribution in [2.24, 2.45) is 0 Å². The average molecular weight is 240 g/mol. The van der Waals surface area contributed by atoms with Gasteiger partial charge in [-0.3, -0.25) is 0 Å². The zero-order valence-corrected chi connectivity index (χ0v) is 10.8. The van der Waals surface area contributed by atoms with Crippen LogP contribution in [0.25, 0.3) is 10.8 Å². The zero-order chi connectivity index (χ0) is 12.4. The van der Waals surface area contributed by atoms with Crippen molar-refractivity contribution in [2.75, 3.05) is 11.9 Å². The third kappa shape index (κ3) is 2.21. The smallest absolute Gasteiger partial charge is 0.0422 e. The molecule has 0 radical (unpaired) electrons. The van der Waals surface area contributed by atoms with Gasteiger partial charge >= 0.3 is 0 Å². The van der Waals surface area contributed by atoms with Crippen molar-refractivity contribution >= 4 is 16.5 Å². The molecule has 94 valence electrons. The zero-order valence-electron chi connectivity index (χ0n) is 10.8. The van der Waals surface area contributed by atoms with Crippen LogP contribution in [0, 0.1) is 0 Å². The summed E-state index contributed by atoms with van der Waals surface area (Å²) < 4.78 is 0. The first-order valence-corrected chi connectivity index (χ1v) is 6.82. The Morgan fingerprint density at radius 1 is 1.17 bits per heavy atom. The van der Waals surface area contributed by atoms with Crippen molar-refractivity contribution < 1.29 is 0 Å². The minimum atomic E-state index is 0.471. The van der Waals surface area contributed by atoms with E-state index in [1.165, 1.54) is 29.3 Å². The van der Waals surface area contributed by atoms with Gasteiger partial charge in [0.2, 0.25) is 0 Å². The minimum absolute atomic E-state index is 0.471. The molecule has 3 rings (SSSR count). The molecule has 1 saturated heterocycles. The summed E-state index contributed by atoms with van der Waals surface area (Å²) in [5.74, 6) is 0. The van der Waals surface area contributed by atoms with Crippen LogP contribution in [-0.2, 0) is 0 Å². The highest BCUT2D eigenvalue weighted by atomic mass is 15.0. The molecule has 0 aliphatic carbocycles. The van der Waals surface area contributed by atoms with E-state index in [0.29, 0.717) is 12.1 Å². The predicted molar refractivity (Wildman–Crippen MR) is 78.1 cm³/mol. The molecule has 2 aromatic carbocycles. The van der Waals surface area contributed by atoms with E-state index >= 15 is 0 Å². The van der Waals surface area contributed by atoms with Crippen molar-refractivity contribution in [3.05, 3.63) is 42.5 Å². The van der Waals surface area contributed by atoms with Crippen LogP contribution in [-0.4, -0.2) is 18.6 Å². The van der Waals surface area contributed by atoms with Crippen LogP contribution in [0.2, 0.25) is 0 Å². The van der Waals surface area contributed by atoms with Crippen LogP contribution < -0.4 is 10.6 Å². The van der Waals surface area contributed by atoms with Gasteiger partial charge < -0.3 is 10.6 Å². The second-order valence-corrected chi connectivity index (χ2v) is 5.16. The van der Waals surface area contributed by atoms with Gasteiger partial charge in [0.25, 0.3) is 0 Å². The SMILES string of the molecule is CC(Nc1cccc2ccccc12)C1CCCN1. The molecule has 0 amide bonds. The van der Waals surface area contributed by atoms with E-state index in [-0.39, 0.29) is 0 Å². The summed E-state index contributed by atoms with van der Waals surface area (Å²) in [7, 11) is 0. The fourth-order valence-corrected chi connectivity index (χ4v) is 2.84. The number of nitrogens with one attached hydrogen (secondary N) is 2. The quantitative estimate of drug-likeness (QED) is 0.859. The van der Waals surface area contributed by atoms with Crippen molar-refractivity contribution in [2.45, 2.75) is 31.8 Å². The fourth-order valence-electron chi connectivity index (χ4n) is 2.84. The molecule has 0 saturated carbocycles. The number of hydrogen-bond donors (Lipinski definition) is 2. The monoisotopic (exact) mass is 240 g/mol. The molecule has 2 N–H and O–H groups in total. The highest BCUT2D eigenvalue weighted by Gasteiger charge is 2.20. The Hall–Kier alpha value is -1.54. The Kier molecular flexibility index (Phi) is 3.20. The van der Waals surface area contributed by atoms with Crippen molar-refractivity contribution in [1.29, 1.82) is 0 Å².